The van der Waals surface area contributed by atoms with Gasteiger partial charge in [0.15, 0.2) is 0 Å². The van der Waals surface area contributed by atoms with Crippen molar-refractivity contribution >= 4 is 11.0 Å². The van der Waals surface area contributed by atoms with Gasteiger partial charge in [0, 0.05) is 19.1 Å². The van der Waals surface area contributed by atoms with Gasteiger partial charge in [-0.15, -0.1) is 6.58 Å². The molecule has 0 saturated carbocycles. The van der Waals surface area contributed by atoms with Crippen LogP contribution in [0.25, 0.3) is 0 Å². The van der Waals surface area contributed by atoms with E-state index in [1.54, 1.807) is 0 Å². The van der Waals surface area contributed by atoms with Gasteiger partial charge in [0.25, 0.3) is 0 Å². The first-order valence-electron chi connectivity index (χ1n) is 11.9. The van der Waals surface area contributed by atoms with Crippen LogP contribution in [0.1, 0.15) is 28.3 Å². The van der Waals surface area contributed by atoms with E-state index in [4.69, 9.17) is 0 Å². The lowest BCUT2D eigenvalue weighted by molar-refractivity contribution is 0.182. The molecule has 0 aliphatic rings. The highest BCUT2D eigenvalue weighted by Crippen LogP contribution is 2.27. The SMILES string of the molecule is C=C[C@H]([C@@H](NS(=O)c1ccc(C)cc1)c1ccccc1)N(Cc1ccccc1)Cc1ccccc1. The summed E-state index contributed by atoms with van der Waals surface area (Å²) in [5.41, 5.74) is 4.67. The summed E-state index contributed by atoms with van der Waals surface area (Å²) in [7, 11) is -1.38. The van der Waals surface area contributed by atoms with Crippen molar-refractivity contribution in [2.75, 3.05) is 0 Å². The van der Waals surface area contributed by atoms with Crippen LogP contribution >= 0.6 is 0 Å². The molecule has 0 aliphatic heterocycles. The second-order valence-electron chi connectivity index (χ2n) is 8.69. The maximum atomic E-state index is 13.4. The second kappa shape index (κ2) is 12.4. The van der Waals surface area contributed by atoms with Crippen molar-refractivity contribution in [1.29, 1.82) is 0 Å². The summed E-state index contributed by atoms with van der Waals surface area (Å²) in [6, 6.07) is 38.7. The van der Waals surface area contributed by atoms with Gasteiger partial charge in [-0.2, -0.15) is 0 Å². The van der Waals surface area contributed by atoms with E-state index in [2.05, 4.69) is 76.9 Å². The molecule has 3 nitrogen and oxygen atoms in total. The third-order valence-corrected chi connectivity index (χ3v) is 7.26. The van der Waals surface area contributed by atoms with E-state index in [9.17, 15) is 4.21 Å². The summed E-state index contributed by atoms with van der Waals surface area (Å²) in [5, 5.41) is 0. The third kappa shape index (κ3) is 6.86. The molecule has 0 heterocycles. The van der Waals surface area contributed by atoms with E-state index in [1.807, 2.05) is 67.6 Å². The van der Waals surface area contributed by atoms with Crippen molar-refractivity contribution in [3.8, 4) is 0 Å². The molecule has 0 fully saturated rings. The van der Waals surface area contributed by atoms with Crippen molar-refractivity contribution in [2.24, 2.45) is 0 Å². The predicted molar refractivity (Wildman–Crippen MR) is 146 cm³/mol. The van der Waals surface area contributed by atoms with Gasteiger partial charge in [-0.05, 0) is 35.7 Å². The van der Waals surface area contributed by atoms with E-state index in [0.29, 0.717) is 0 Å². The Kier molecular flexibility index (Phi) is 8.79. The summed E-state index contributed by atoms with van der Waals surface area (Å²) >= 11 is 0. The Labute approximate surface area is 211 Å². The van der Waals surface area contributed by atoms with Crippen molar-refractivity contribution in [1.82, 2.24) is 9.62 Å². The van der Waals surface area contributed by atoms with E-state index < -0.39 is 11.0 Å². The first-order valence-corrected chi connectivity index (χ1v) is 13.0. The molecule has 35 heavy (non-hydrogen) atoms. The van der Waals surface area contributed by atoms with Crippen molar-refractivity contribution in [3.05, 3.63) is 150 Å². The number of rotatable bonds is 11. The van der Waals surface area contributed by atoms with E-state index in [0.717, 1.165) is 29.1 Å². The average Bonchev–Trinajstić information content (AvgIpc) is 2.90. The number of nitrogens with zero attached hydrogens (tertiary/aromatic N) is 1. The lowest BCUT2D eigenvalue weighted by Crippen LogP contribution is -2.43. The minimum Gasteiger partial charge on any atom is -0.287 e. The minimum absolute atomic E-state index is 0.104. The number of benzene rings is 4. The van der Waals surface area contributed by atoms with Gasteiger partial charge in [-0.3, -0.25) is 4.90 Å². The summed E-state index contributed by atoms with van der Waals surface area (Å²) in [6.07, 6.45) is 1.98. The highest BCUT2D eigenvalue weighted by Gasteiger charge is 2.28. The molecule has 0 bridgehead atoms. The lowest BCUT2D eigenvalue weighted by atomic mass is 9.97. The Morgan fingerprint density at radius 1 is 0.771 bits per heavy atom. The van der Waals surface area contributed by atoms with Crippen LogP contribution in [-0.4, -0.2) is 15.2 Å². The molecule has 178 valence electrons. The zero-order valence-corrected chi connectivity index (χ0v) is 20.9. The van der Waals surface area contributed by atoms with Gasteiger partial charge < -0.3 is 0 Å². The van der Waals surface area contributed by atoms with E-state index >= 15 is 0 Å². The van der Waals surface area contributed by atoms with Gasteiger partial charge in [0.2, 0.25) is 0 Å². The van der Waals surface area contributed by atoms with Crippen LogP contribution in [0.5, 0.6) is 0 Å². The Morgan fingerprint density at radius 3 is 1.74 bits per heavy atom. The van der Waals surface area contributed by atoms with Gasteiger partial charge in [-0.1, -0.05) is 115 Å². The van der Waals surface area contributed by atoms with E-state index in [1.165, 1.54) is 11.1 Å². The molecule has 1 unspecified atom stereocenters. The molecule has 0 aliphatic carbocycles. The molecule has 4 aromatic rings. The average molecular weight is 481 g/mol. The van der Waals surface area contributed by atoms with Crippen LogP contribution < -0.4 is 4.72 Å². The van der Waals surface area contributed by atoms with Crippen LogP contribution in [-0.2, 0) is 24.1 Å². The topological polar surface area (TPSA) is 32.3 Å². The molecule has 0 amide bonds. The number of nitrogens with one attached hydrogen (secondary N) is 1. The van der Waals surface area contributed by atoms with Crippen LogP contribution in [0.4, 0.5) is 0 Å². The molecule has 0 spiro atoms. The first kappa shape index (κ1) is 24.8. The fourth-order valence-corrected chi connectivity index (χ4v) is 5.26. The Hall–Kier alpha value is -3.31. The number of hydrogen-bond donors (Lipinski definition) is 1. The van der Waals surface area contributed by atoms with Crippen LogP contribution in [0, 0.1) is 6.92 Å². The molecule has 4 rings (SSSR count). The smallest absolute Gasteiger partial charge is 0.125 e. The lowest BCUT2D eigenvalue weighted by Gasteiger charge is -2.36. The van der Waals surface area contributed by atoms with Crippen molar-refractivity contribution < 1.29 is 4.21 Å². The normalized spacial score (nSPS) is 13.8. The van der Waals surface area contributed by atoms with Gasteiger partial charge in [0.05, 0.1) is 10.9 Å². The molecule has 0 saturated heterocycles. The monoisotopic (exact) mass is 480 g/mol. The second-order valence-corrected chi connectivity index (χ2v) is 9.94. The largest absolute Gasteiger partial charge is 0.287 e. The summed E-state index contributed by atoms with van der Waals surface area (Å²) in [5.74, 6) is 0. The third-order valence-electron chi connectivity index (χ3n) is 6.09. The quantitative estimate of drug-likeness (QED) is 0.245. The Balaban J connectivity index is 1.69. The maximum Gasteiger partial charge on any atom is 0.125 e. The highest BCUT2D eigenvalue weighted by atomic mass is 32.2. The molecular weight excluding hydrogens is 448 g/mol. The fourth-order valence-electron chi connectivity index (χ4n) is 4.24. The van der Waals surface area contributed by atoms with Gasteiger partial charge >= 0.3 is 0 Å². The molecular formula is C31H32N2OS. The zero-order valence-electron chi connectivity index (χ0n) is 20.1. The van der Waals surface area contributed by atoms with E-state index in [-0.39, 0.29) is 12.1 Å². The van der Waals surface area contributed by atoms with Crippen molar-refractivity contribution in [3.63, 3.8) is 0 Å². The molecule has 0 aromatic heterocycles. The van der Waals surface area contributed by atoms with Crippen LogP contribution in [0.3, 0.4) is 0 Å². The maximum absolute atomic E-state index is 13.4. The molecule has 3 atom stereocenters. The van der Waals surface area contributed by atoms with Crippen LogP contribution in [0.2, 0.25) is 0 Å². The highest BCUT2D eigenvalue weighted by molar-refractivity contribution is 7.83. The number of aryl methyl sites for hydroxylation is 1. The summed E-state index contributed by atoms with van der Waals surface area (Å²) in [4.78, 5) is 3.16. The first-order chi connectivity index (χ1) is 17.1. The molecule has 0 radical (unpaired) electrons. The minimum atomic E-state index is -1.38. The number of hydrogen-bond acceptors (Lipinski definition) is 2. The molecule has 4 heteroatoms. The summed E-state index contributed by atoms with van der Waals surface area (Å²) < 4.78 is 16.9. The van der Waals surface area contributed by atoms with Crippen molar-refractivity contribution in [2.45, 2.75) is 37.0 Å². The predicted octanol–water partition coefficient (Wildman–Crippen LogP) is 6.61. The van der Waals surface area contributed by atoms with Gasteiger partial charge in [0.1, 0.15) is 11.0 Å². The standard InChI is InChI=1S/C31H32N2OS/c1-3-30(33(23-26-13-7-4-8-14-26)24-27-15-9-5-10-16-27)31(28-17-11-6-12-18-28)32-35(34)29-21-19-25(2)20-22-29/h3-22,30-32H,1,23-24H2,2H3/t30-,31+,35?/m1/s1. The fraction of sp³-hybridized carbons (Fsp3) is 0.161. The zero-order chi connectivity index (χ0) is 24.5. The summed E-state index contributed by atoms with van der Waals surface area (Å²) in [6.45, 7) is 7.75. The van der Waals surface area contributed by atoms with Gasteiger partial charge in [-0.25, -0.2) is 8.93 Å². The van der Waals surface area contributed by atoms with Crippen LogP contribution in [0.15, 0.2) is 133 Å². The Bertz CT molecular complexity index is 1170. The molecule has 1 N–H and O–H groups in total. The Morgan fingerprint density at radius 2 is 1.26 bits per heavy atom. The molecule has 4 aromatic carbocycles.